The highest BCUT2D eigenvalue weighted by molar-refractivity contribution is 5.94. The van der Waals surface area contributed by atoms with E-state index in [0.29, 0.717) is 0 Å². The standard InChI is InChI=1S/C14H19N3O8/c1-24-14-10(12(20)11(19)9(6-18)25-14)15-16-13(21)7-2-4-8(5-3-7)17(22)23/h2-5,9-12,14-15,18-20H,6H2,1H3,(H,16,21)/t9-,10-,11+,12-,14+/m1/s1. The lowest BCUT2D eigenvalue weighted by Crippen LogP contribution is -2.66. The van der Waals surface area contributed by atoms with E-state index < -0.39 is 48.1 Å². The quantitative estimate of drug-likeness (QED) is 0.294. The Morgan fingerprint density at radius 2 is 1.96 bits per heavy atom. The summed E-state index contributed by atoms with van der Waals surface area (Å²) in [5.74, 6) is -0.615. The van der Waals surface area contributed by atoms with E-state index in [4.69, 9.17) is 14.6 Å². The van der Waals surface area contributed by atoms with E-state index in [1.54, 1.807) is 0 Å². The van der Waals surface area contributed by atoms with Gasteiger partial charge in [-0.2, -0.15) is 0 Å². The third-order valence-corrected chi connectivity index (χ3v) is 3.81. The minimum atomic E-state index is -1.38. The number of methoxy groups -OCH3 is 1. The molecule has 25 heavy (non-hydrogen) atoms. The number of nitro groups is 1. The number of hydrogen-bond donors (Lipinski definition) is 5. The van der Waals surface area contributed by atoms with Crippen LogP contribution >= 0.6 is 0 Å². The average Bonchev–Trinajstić information content (AvgIpc) is 2.62. The van der Waals surface area contributed by atoms with Gasteiger partial charge in [-0.15, -0.1) is 0 Å². The Morgan fingerprint density at radius 3 is 2.48 bits per heavy atom. The number of amides is 1. The van der Waals surface area contributed by atoms with Gasteiger partial charge in [-0.25, -0.2) is 5.43 Å². The highest BCUT2D eigenvalue weighted by atomic mass is 16.7. The van der Waals surface area contributed by atoms with Crippen molar-refractivity contribution >= 4 is 11.6 Å². The van der Waals surface area contributed by atoms with Crippen molar-refractivity contribution in [2.45, 2.75) is 30.6 Å². The summed E-state index contributed by atoms with van der Waals surface area (Å²) in [6.45, 7) is -0.514. The van der Waals surface area contributed by atoms with Gasteiger partial charge in [0.05, 0.1) is 11.5 Å². The molecule has 0 aliphatic carbocycles. The summed E-state index contributed by atoms with van der Waals surface area (Å²) in [6.07, 6.45) is -4.82. The van der Waals surface area contributed by atoms with Crippen molar-refractivity contribution in [3.8, 4) is 0 Å². The van der Waals surface area contributed by atoms with Gasteiger partial charge >= 0.3 is 0 Å². The molecule has 0 saturated carbocycles. The van der Waals surface area contributed by atoms with Crippen molar-refractivity contribution in [3.05, 3.63) is 39.9 Å². The van der Waals surface area contributed by atoms with Gasteiger partial charge in [-0.3, -0.25) is 20.3 Å². The number of nitrogens with zero attached hydrogens (tertiary/aromatic N) is 1. The Hall–Kier alpha value is -2.15. The molecule has 11 nitrogen and oxygen atoms in total. The SMILES string of the molecule is CO[C@H]1O[C@H](CO)[C@H](O)[C@H](O)[C@H]1NNC(=O)c1ccc([N+](=O)[O-])cc1. The second kappa shape index (κ2) is 8.29. The molecule has 1 amide bonds. The number of hydrazine groups is 1. The molecule has 0 bridgehead atoms. The van der Waals surface area contributed by atoms with Gasteiger partial charge in [0, 0.05) is 24.8 Å². The summed E-state index contributed by atoms with van der Waals surface area (Å²) in [5.41, 5.74) is 4.81. The first-order valence-corrected chi connectivity index (χ1v) is 7.34. The first-order chi connectivity index (χ1) is 11.9. The Labute approximate surface area is 142 Å². The second-order valence-electron chi connectivity index (χ2n) is 5.37. The van der Waals surface area contributed by atoms with E-state index in [2.05, 4.69) is 10.9 Å². The molecule has 1 aromatic carbocycles. The predicted molar refractivity (Wildman–Crippen MR) is 82.3 cm³/mol. The van der Waals surface area contributed by atoms with Gasteiger partial charge < -0.3 is 24.8 Å². The van der Waals surface area contributed by atoms with Gasteiger partial charge in [0.15, 0.2) is 6.29 Å². The van der Waals surface area contributed by atoms with Crippen LogP contribution in [-0.2, 0) is 9.47 Å². The summed E-state index contributed by atoms with van der Waals surface area (Å²) in [7, 11) is 1.30. The van der Waals surface area contributed by atoms with Crippen LogP contribution in [0.15, 0.2) is 24.3 Å². The smallest absolute Gasteiger partial charge is 0.269 e. The van der Waals surface area contributed by atoms with E-state index in [1.165, 1.54) is 31.4 Å². The number of carbonyl (C=O) groups excluding carboxylic acids is 1. The topological polar surface area (TPSA) is 163 Å². The van der Waals surface area contributed by atoms with E-state index >= 15 is 0 Å². The normalized spacial score (nSPS) is 29.2. The number of nitrogens with one attached hydrogen (secondary N) is 2. The summed E-state index contributed by atoms with van der Waals surface area (Å²) in [4.78, 5) is 22.1. The Kier molecular flexibility index (Phi) is 6.36. The number of rotatable bonds is 6. The fourth-order valence-corrected chi connectivity index (χ4v) is 2.39. The number of ether oxygens (including phenoxy) is 2. The first kappa shape index (κ1) is 19.2. The second-order valence-corrected chi connectivity index (χ2v) is 5.37. The molecule has 5 N–H and O–H groups in total. The Balaban J connectivity index is 2.00. The number of hydrogen-bond acceptors (Lipinski definition) is 9. The third kappa shape index (κ3) is 4.28. The number of nitro benzene ring substituents is 1. The summed E-state index contributed by atoms with van der Waals surface area (Å²) < 4.78 is 10.3. The molecule has 1 fully saturated rings. The molecule has 1 heterocycles. The van der Waals surface area contributed by atoms with Crippen LogP contribution in [0.2, 0.25) is 0 Å². The molecule has 0 radical (unpaired) electrons. The van der Waals surface area contributed by atoms with Crippen LogP contribution in [0.3, 0.4) is 0 Å². The van der Waals surface area contributed by atoms with Crippen molar-refractivity contribution in [2.24, 2.45) is 0 Å². The fraction of sp³-hybridized carbons (Fsp3) is 0.500. The highest BCUT2D eigenvalue weighted by Crippen LogP contribution is 2.21. The molecule has 5 atom stereocenters. The van der Waals surface area contributed by atoms with Gasteiger partial charge in [0.2, 0.25) is 0 Å². The molecular formula is C14H19N3O8. The molecule has 138 valence electrons. The molecule has 11 heteroatoms. The zero-order valence-corrected chi connectivity index (χ0v) is 13.2. The maximum atomic E-state index is 12.1. The van der Waals surface area contributed by atoms with E-state index in [9.17, 15) is 25.1 Å². The maximum Gasteiger partial charge on any atom is 0.269 e. The highest BCUT2D eigenvalue weighted by Gasteiger charge is 2.44. The van der Waals surface area contributed by atoms with E-state index in [0.717, 1.165) is 0 Å². The summed E-state index contributed by atoms with van der Waals surface area (Å²) in [5, 5.41) is 39.7. The van der Waals surface area contributed by atoms with Crippen LogP contribution in [0.1, 0.15) is 10.4 Å². The predicted octanol–water partition coefficient (Wildman–Crippen LogP) is -1.72. The lowest BCUT2D eigenvalue weighted by Gasteiger charge is -2.41. The van der Waals surface area contributed by atoms with Crippen LogP contribution in [0.4, 0.5) is 5.69 Å². The van der Waals surface area contributed by atoms with Gasteiger partial charge in [0.1, 0.15) is 24.4 Å². The van der Waals surface area contributed by atoms with E-state index in [1.807, 2.05) is 0 Å². The largest absolute Gasteiger partial charge is 0.394 e. The van der Waals surface area contributed by atoms with Crippen molar-refractivity contribution < 1.29 is 34.5 Å². The van der Waals surface area contributed by atoms with Crippen LogP contribution in [-0.4, -0.2) is 70.5 Å². The number of non-ortho nitro benzene ring substituents is 1. The van der Waals surface area contributed by atoms with Crippen molar-refractivity contribution in [1.29, 1.82) is 0 Å². The third-order valence-electron chi connectivity index (χ3n) is 3.81. The van der Waals surface area contributed by atoms with Crippen molar-refractivity contribution in [3.63, 3.8) is 0 Å². The zero-order valence-electron chi connectivity index (χ0n) is 13.2. The molecule has 2 rings (SSSR count). The summed E-state index contributed by atoms with van der Waals surface area (Å²) in [6, 6.07) is 3.90. The Bertz CT molecular complexity index is 609. The molecule has 1 aromatic rings. The fourth-order valence-electron chi connectivity index (χ4n) is 2.39. The minimum Gasteiger partial charge on any atom is -0.394 e. The van der Waals surface area contributed by atoms with Gasteiger partial charge in [0.25, 0.3) is 11.6 Å². The van der Waals surface area contributed by atoms with Crippen molar-refractivity contribution in [2.75, 3.05) is 13.7 Å². The van der Waals surface area contributed by atoms with Crippen LogP contribution in [0.25, 0.3) is 0 Å². The molecule has 0 aromatic heterocycles. The average molecular weight is 357 g/mol. The van der Waals surface area contributed by atoms with Gasteiger partial charge in [-0.05, 0) is 12.1 Å². The Morgan fingerprint density at radius 1 is 1.32 bits per heavy atom. The first-order valence-electron chi connectivity index (χ1n) is 7.34. The molecule has 0 spiro atoms. The van der Waals surface area contributed by atoms with Crippen LogP contribution in [0.5, 0.6) is 0 Å². The molecule has 0 unspecified atom stereocenters. The lowest BCUT2D eigenvalue weighted by atomic mass is 9.97. The molecule has 1 saturated heterocycles. The zero-order chi connectivity index (χ0) is 18.6. The number of aliphatic hydroxyl groups is 3. The van der Waals surface area contributed by atoms with Gasteiger partial charge in [-0.1, -0.05) is 0 Å². The monoisotopic (exact) mass is 357 g/mol. The number of aliphatic hydroxyl groups excluding tert-OH is 3. The van der Waals surface area contributed by atoms with Crippen molar-refractivity contribution in [1.82, 2.24) is 10.9 Å². The van der Waals surface area contributed by atoms with E-state index in [-0.39, 0.29) is 11.3 Å². The summed E-state index contributed by atoms with van der Waals surface area (Å²) >= 11 is 0. The number of carbonyl (C=O) groups is 1. The molecule has 1 aliphatic heterocycles. The number of benzene rings is 1. The molecule has 1 aliphatic rings. The van der Waals surface area contributed by atoms with Crippen LogP contribution < -0.4 is 10.9 Å². The molecular weight excluding hydrogens is 338 g/mol. The maximum absolute atomic E-state index is 12.1. The minimum absolute atomic E-state index is 0.145. The van der Waals surface area contributed by atoms with Crippen LogP contribution in [0, 0.1) is 10.1 Å². The lowest BCUT2D eigenvalue weighted by molar-refractivity contribution is -0.384.